The van der Waals surface area contributed by atoms with Crippen molar-refractivity contribution in [2.24, 2.45) is 0 Å². The summed E-state index contributed by atoms with van der Waals surface area (Å²) in [5, 5.41) is 7.16. The van der Waals surface area contributed by atoms with Crippen molar-refractivity contribution in [2.75, 3.05) is 0 Å². The summed E-state index contributed by atoms with van der Waals surface area (Å²) in [5.74, 6) is 2.30. The normalized spacial score (nSPS) is 11.9. The van der Waals surface area contributed by atoms with E-state index in [1.807, 2.05) is 18.2 Å². The summed E-state index contributed by atoms with van der Waals surface area (Å²) in [6.45, 7) is 0. The molecule has 0 bridgehead atoms. The number of rotatable bonds is 4. The Kier molecular flexibility index (Phi) is 5.89. The standard InChI is InChI=1S/C46H29N5/c1-3-15-30(16-4-1)46-47-42(50-39-24-12-7-19-32(39)33-20-8-13-25-40(33)50)29-43(48-46)51-41-26-14-10-22-35(41)37-28-27-36-34-21-9-11-23-38(34)49(44(36)45(37)51)31-17-5-2-6-18-31/h1-29H. The lowest BCUT2D eigenvalue weighted by atomic mass is 10.1. The summed E-state index contributed by atoms with van der Waals surface area (Å²) in [4.78, 5) is 10.7. The molecule has 51 heavy (non-hydrogen) atoms. The molecule has 5 heteroatoms. The highest BCUT2D eigenvalue weighted by Gasteiger charge is 2.23. The van der Waals surface area contributed by atoms with Crippen molar-refractivity contribution in [1.29, 1.82) is 0 Å². The molecule has 0 spiro atoms. The fourth-order valence-electron chi connectivity index (χ4n) is 8.12. The molecule has 0 aliphatic rings. The fraction of sp³-hybridized carbons (Fsp3) is 0. The highest BCUT2D eigenvalue weighted by atomic mass is 15.2. The highest BCUT2D eigenvalue weighted by molar-refractivity contribution is 6.23. The molecule has 0 unspecified atom stereocenters. The molecule has 0 saturated heterocycles. The first-order valence-electron chi connectivity index (χ1n) is 17.3. The van der Waals surface area contributed by atoms with E-state index in [0.29, 0.717) is 5.82 Å². The maximum absolute atomic E-state index is 5.41. The molecule has 7 aromatic carbocycles. The maximum Gasteiger partial charge on any atom is 0.163 e. The summed E-state index contributed by atoms with van der Waals surface area (Å²) in [7, 11) is 0. The smallest absolute Gasteiger partial charge is 0.163 e. The highest BCUT2D eigenvalue weighted by Crippen LogP contribution is 2.42. The van der Waals surface area contributed by atoms with Crippen LogP contribution < -0.4 is 0 Å². The average Bonchev–Trinajstić information content (AvgIpc) is 3.84. The SMILES string of the molecule is c1ccc(-c2nc(-n3c4ccccc4c4ccccc43)cc(-n3c4ccccc4c4ccc5c6ccccc6n(-c6ccccc6)c5c43)n2)cc1. The molecule has 0 saturated carbocycles. The van der Waals surface area contributed by atoms with Crippen LogP contribution in [0.1, 0.15) is 0 Å². The van der Waals surface area contributed by atoms with Crippen LogP contribution in [0.25, 0.3) is 94.1 Å². The van der Waals surface area contributed by atoms with Crippen LogP contribution in [0.15, 0.2) is 176 Å². The zero-order valence-corrected chi connectivity index (χ0v) is 27.5. The van der Waals surface area contributed by atoms with E-state index in [2.05, 4.69) is 171 Å². The summed E-state index contributed by atoms with van der Waals surface area (Å²) < 4.78 is 7.05. The molecule has 238 valence electrons. The molecule has 0 amide bonds. The van der Waals surface area contributed by atoms with E-state index in [0.717, 1.165) is 50.5 Å². The minimum absolute atomic E-state index is 0.673. The van der Waals surface area contributed by atoms with Gasteiger partial charge in [0.2, 0.25) is 0 Å². The van der Waals surface area contributed by atoms with E-state index in [1.165, 1.54) is 37.8 Å². The van der Waals surface area contributed by atoms with E-state index < -0.39 is 0 Å². The Bertz CT molecular complexity index is 3080. The van der Waals surface area contributed by atoms with Gasteiger partial charge in [0.05, 0.1) is 33.1 Å². The number of aromatic nitrogens is 5. The van der Waals surface area contributed by atoms with Crippen LogP contribution in [-0.2, 0) is 0 Å². The van der Waals surface area contributed by atoms with Gasteiger partial charge in [-0.1, -0.05) is 133 Å². The Hall–Kier alpha value is -6.98. The first kappa shape index (κ1) is 27.9. The Morgan fingerprint density at radius 1 is 0.314 bits per heavy atom. The van der Waals surface area contributed by atoms with Crippen LogP contribution in [0, 0.1) is 0 Å². The van der Waals surface area contributed by atoms with Crippen molar-refractivity contribution >= 4 is 65.4 Å². The van der Waals surface area contributed by atoms with Crippen LogP contribution in [0.4, 0.5) is 0 Å². The molecule has 11 rings (SSSR count). The minimum Gasteiger partial charge on any atom is -0.307 e. The summed E-state index contributed by atoms with van der Waals surface area (Å²) in [5.41, 5.74) is 8.82. The van der Waals surface area contributed by atoms with Crippen LogP contribution in [0.2, 0.25) is 0 Å². The first-order valence-corrected chi connectivity index (χ1v) is 17.3. The quantitative estimate of drug-likeness (QED) is 0.190. The van der Waals surface area contributed by atoms with Crippen molar-refractivity contribution in [3.8, 4) is 28.7 Å². The van der Waals surface area contributed by atoms with Gasteiger partial charge in [-0.15, -0.1) is 0 Å². The molecule has 4 aromatic heterocycles. The number of nitrogens with zero attached hydrogens (tertiary/aromatic N) is 5. The molecule has 0 aliphatic carbocycles. The monoisotopic (exact) mass is 651 g/mol. The van der Waals surface area contributed by atoms with Crippen LogP contribution >= 0.6 is 0 Å². The van der Waals surface area contributed by atoms with E-state index in [-0.39, 0.29) is 0 Å². The van der Waals surface area contributed by atoms with E-state index >= 15 is 0 Å². The first-order chi connectivity index (χ1) is 25.3. The van der Waals surface area contributed by atoms with Gasteiger partial charge in [0.1, 0.15) is 11.6 Å². The van der Waals surface area contributed by atoms with Gasteiger partial charge in [0.25, 0.3) is 0 Å². The van der Waals surface area contributed by atoms with Crippen molar-refractivity contribution in [2.45, 2.75) is 0 Å². The molecular weight excluding hydrogens is 623 g/mol. The molecule has 0 fully saturated rings. The lowest BCUT2D eigenvalue weighted by Gasteiger charge is -2.15. The third kappa shape index (κ3) is 4.03. The predicted molar refractivity (Wildman–Crippen MR) is 210 cm³/mol. The second-order valence-corrected chi connectivity index (χ2v) is 13.0. The van der Waals surface area contributed by atoms with Gasteiger partial charge in [0.15, 0.2) is 5.82 Å². The topological polar surface area (TPSA) is 40.6 Å². The molecule has 4 heterocycles. The van der Waals surface area contributed by atoms with Gasteiger partial charge in [-0.25, -0.2) is 9.97 Å². The summed E-state index contributed by atoms with van der Waals surface area (Å²) in [6.07, 6.45) is 0. The van der Waals surface area contributed by atoms with Crippen LogP contribution in [-0.4, -0.2) is 23.7 Å². The van der Waals surface area contributed by atoms with Crippen molar-refractivity contribution in [1.82, 2.24) is 23.7 Å². The number of hydrogen-bond donors (Lipinski definition) is 0. The summed E-state index contributed by atoms with van der Waals surface area (Å²) in [6, 6.07) is 62.3. The Morgan fingerprint density at radius 2 is 0.706 bits per heavy atom. The number of fused-ring (bicyclic) bond motifs is 10. The maximum atomic E-state index is 5.41. The molecule has 0 radical (unpaired) electrons. The third-order valence-corrected chi connectivity index (χ3v) is 10.3. The van der Waals surface area contributed by atoms with Crippen molar-refractivity contribution in [3.05, 3.63) is 176 Å². The van der Waals surface area contributed by atoms with Gasteiger partial charge < -0.3 is 4.57 Å². The minimum atomic E-state index is 0.673. The van der Waals surface area contributed by atoms with Crippen LogP contribution in [0.5, 0.6) is 0 Å². The van der Waals surface area contributed by atoms with Gasteiger partial charge >= 0.3 is 0 Å². The van der Waals surface area contributed by atoms with Crippen LogP contribution in [0.3, 0.4) is 0 Å². The molecule has 5 nitrogen and oxygen atoms in total. The lowest BCUT2D eigenvalue weighted by Crippen LogP contribution is -2.07. The molecule has 0 atom stereocenters. The largest absolute Gasteiger partial charge is 0.307 e. The molecule has 11 aromatic rings. The zero-order valence-electron chi connectivity index (χ0n) is 27.5. The summed E-state index contributed by atoms with van der Waals surface area (Å²) >= 11 is 0. The van der Waals surface area contributed by atoms with Crippen molar-refractivity contribution in [3.63, 3.8) is 0 Å². The third-order valence-electron chi connectivity index (χ3n) is 10.3. The average molecular weight is 652 g/mol. The van der Waals surface area contributed by atoms with Gasteiger partial charge in [-0.05, 0) is 36.4 Å². The number of benzene rings is 7. The van der Waals surface area contributed by atoms with Crippen molar-refractivity contribution < 1.29 is 0 Å². The fourth-order valence-corrected chi connectivity index (χ4v) is 8.12. The second-order valence-electron chi connectivity index (χ2n) is 13.0. The Morgan fingerprint density at radius 3 is 1.25 bits per heavy atom. The Labute approximate surface area is 292 Å². The van der Waals surface area contributed by atoms with Gasteiger partial charge in [0, 0.05) is 49.6 Å². The van der Waals surface area contributed by atoms with Gasteiger partial charge in [-0.3, -0.25) is 9.13 Å². The zero-order chi connectivity index (χ0) is 33.5. The second kappa shape index (κ2) is 10.8. The van der Waals surface area contributed by atoms with E-state index in [4.69, 9.17) is 9.97 Å². The lowest BCUT2D eigenvalue weighted by molar-refractivity contribution is 0.994. The van der Waals surface area contributed by atoms with E-state index in [1.54, 1.807) is 0 Å². The van der Waals surface area contributed by atoms with Gasteiger partial charge in [-0.2, -0.15) is 0 Å². The number of para-hydroxylation sites is 5. The number of hydrogen-bond acceptors (Lipinski definition) is 2. The molecule has 0 N–H and O–H groups in total. The molecule has 0 aliphatic heterocycles. The predicted octanol–water partition coefficient (Wildman–Crippen LogP) is 11.4. The Balaban J connectivity index is 1.33. The van der Waals surface area contributed by atoms with E-state index in [9.17, 15) is 0 Å². The molecular formula is C46H29N5.